The van der Waals surface area contributed by atoms with Crippen LogP contribution in [-0.2, 0) is 0 Å². The SMILES string of the molecule is [U+2].[c-]1cccc2c1-c1[c-]cc(N(c3ccc(-c4ccccc4)cc3)c3ccc(-c4ccccc4)cc3)c3ccc4ccc5cccc-2c5c4c13. The summed E-state index contributed by atoms with van der Waals surface area (Å²) in [5.41, 5.74) is 12.7. The summed E-state index contributed by atoms with van der Waals surface area (Å²) in [5.74, 6) is 0. The van der Waals surface area contributed by atoms with Crippen molar-refractivity contribution < 1.29 is 31.1 Å². The number of benzene rings is 9. The Morgan fingerprint density at radius 1 is 0.380 bits per heavy atom. The van der Waals surface area contributed by atoms with Crippen LogP contribution >= 0.6 is 0 Å². The van der Waals surface area contributed by atoms with E-state index in [2.05, 4.69) is 187 Å². The van der Waals surface area contributed by atoms with Crippen molar-refractivity contribution in [2.45, 2.75) is 0 Å². The molecule has 10 rings (SSSR count). The molecule has 1 aliphatic carbocycles. The van der Waals surface area contributed by atoms with Crippen LogP contribution in [0.5, 0.6) is 0 Å². The van der Waals surface area contributed by atoms with E-state index >= 15 is 0 Å². The molecule has 0 spiro atoms. The second-order valence-corrected chi connectivity index (χ2v) is 12.7. The van der Waals surface area contributed by atoms with Gasteiger partial charge in [0.25, 0.3) is 0 Å². The summed E-state index contributed by atoms with van der Waals surface area (Å²) >= 11 is 0. The van der Waals surface area contributed by atoms with E-state index in [1.165, 1.54) is 65.7 Å². The van der Waals surface area contributed by atoms with Crippen LogP contribution < -0.4 is 4.90 Å². The van der Waals surface area contributed by atoms with Gasteiger partial charge in [-0.15, -0.1) is 29.1 Å². The van der Waals surface area contributed by atoms with Crippen LogP contribution in [0.4, 0.5) is 17.1 Å². The Morgan fingerprint density at radius 2 is 0.940 bits per heavy atom. The summed E-state index contributed by atoms with van der Waals surface area (Å²) in [4.78, 5) is 2.39. The van der Waals surface area contributed by atoms with Gasteiger partial charge in [0, 0.05) is 11.4 Å². The van der Waals surface area contributed by atoms with Gasteiger partial charge in [0.2, 0.25) is 0 Å². The van der Waals surface area contributed by atoms with E-state index in [0.29, 0.717) is 0 Å². The smallest absolute Gasteiger partial charge is 0.351 e. The van der Waals surface area contributed by atoms with E-state index in [1.807, 2.05) is 6.07 Å². The Hall–Kier alpha value is -5.39. The van der Waals surface area contributed by atoms with Crippen molar-refractivity contribution in [3.63, 3.8) is 0 Å². The quantitative estimate of drug-likeness (QED) is 0.123. The van der Waals surface area contributed by atoms with Crippen LogP contribution in [0.25, 0.3) is 76.8 Å². The van der Waals surface area contributed by atoms with Crippen LogP contribution in [0.3, 0.4) is 0 Å². The Morgan fingerprint density at radius 3 is 1.58 bits per heavy atom. The minimum absolute atomic E-state index is 0. The van der Waals surface area contributed by atoms with Crippen LogP contribution in [0.1, 0.15) is 0 Å². The molecule has 0 atom stereocenters. The van der Waals surface area contributed by atoms with Gasteiger partial charge >= 0.3 is 31.1 Å². The largest absolute Gasteiger partial charge is 2.00 e. The molecule has 0 saturated heterocycles. The zero-order chi connectivity index (χ0) is 32.3. The van der Waals surface area contributed by atoms with Gasteiger partial charge in [0.15, 0.2) is 0 Å². The van der Waals surface area contributed by atoms with Gasteiger partial charge in [-0.2, -0.15) is 18.2 Å². The summed E-state index contributed by atoms with van der Waals surface area (Å²) in [6.45, 7) is 0. The van der Waals surface area contributed by atoms with Crippen molar-refractivity contribution in [1.29, 1.82) is 0 Å². The molecule has 0 unspecified atom stereocenters. The molecule has 9 aromatic carbocycles. The average molecular weight is 858 g/mol. The summed E-state index contributed by atoms with van der Waals surface area (Å²) in [6.07, 6.45) is 0. The fourth-order valence-electron chi connectivity index (χ4n) is 7.73. The third kappa shape index (κ3) is 4.91. The third-order valence-corrected chi connectivity index (χ3v) is 10.0. The van der Waals surface area contributed by atoms with Crippen LogP contribution in [0.15, 0.2) is 176 Å². The second kappa shape index (κ2) is 12.5. The first-order chi connectivity index (χ1) is 24.3. The molecule has 0 aliphatic heterocycles. The predicted octanol–water partition coefficient (Wildman–Crippen LogP) is 13.2. The van der Waals surface area contributed by atoms with Crippen molar-refractivity contribution in [3.05, 3.63) is 188 Å². The zero-order valence-electron chi connectivity index (χ0n) is 27.2. The molecule has 50 heavy (non-hydrogen) atoms. The molecule has 0 N–H and O–H groups in total. The minimum Gasteiger partial charge on any atom is -0.351 e. The van der Waals surface area contributed by atoms with Crippen molar-refractivity contribution in [3.8, 4) is 44.5 Å². The summed E-state index contributed by atoms with van der Waals surface area (Å²) in [5, 5.41) is 7.46. The monoisotopic (exact) mass is 857 g/mol. The summed E-state index contributed by atoms with van der Waals surface area (Å²) < 4.78 is 0. The maximum absolute atomic E-state index is 3.82. The topological polar surface area (TPSA) is 3.24 Å². The summed E-state index contributed by atoms with van der Waals surface area (Å²) in [7, 11) is 0. The number of nitrogens with zero attached hydrogens (tertiary/aromatic N) is 1. The second-order valence-electron chi connectivity index (χ2n) is 12.7. The van der Waals surface area contributed by atoms with Crippen molar-refractivity contribution >= 4 is 49.4 Å². The molecule has 0 aromatic heterocycles. The molecule has 2 heteroatoms. The first-order valence-corrected chi connectivity index (χ1v) is 16.8. The molecule has 0 amide bonds. The molecule has 1 aliphatic rings. The van der Waals surface area contributed by atoms with Gasteiger partial charge in [0.05, 0.1) is 0 Å². The Balaban J connectivity index is 0.00000336. The molecule has 0 heterocycles. The zero-order valence-corrected chi connectivity index (χ0v) is 31.4. The molecule has 9 aromatic rings. The maximum atomic E-state index is 3.82. The Kier molecular flexibility index (Phi) is 7.66. The molecule has 0 saturated carbocycles. The number of hydrogen-bond donors (Lipinski definition) is 0. The Bertz CT molecular complexity index is 2600. The van der Waals surface area contributed by atoms with Crippen LogP contribution in [-0.4, -0.2) is 0 Å². The fourth-order valence-corrected chi connectivity index (χ4v) is 7.73. The van der Waals surface area contributed by atoms with Gasteiger partial charge in [-0.3, -0.25) is 0 Å². The molecule has 0 bridgehead atoms. The van der Waals surface area contributed by atoms with Crippen molar-refractivity contribution in [1.82, 2.24) is 0 Å². The van der Waals surface area contributed by atoms with Crippen molar-refractivity contribution in [2.75, 3.05) is 4.90 Å². The van der Waals surface area contributed by atoms with Crippen LogP contribution in [0, 0.1) is 43.2 Å². The number of hydrogen-bond acceptors (Lipinski definition) is 1. The molecule has 230 valence electrons. The van der Waals surface area contributed by atoms with E-state index < -0.39 is 0 Å². The van der Waals surface area contributed by atoms with Crippen molar-refractivity contribution in [2.24, 2.45) is 0 Å². The fraction of sp³-hybridized carbons (Fsp3) is 0. The number of rotatable bonds is 5. The molecule has 0 fully saturated rings. The third-order valence-electron chi connectivity index (χ3n) is 10.0. The van der Waals surface area contributed by atoms with Gasteiger partial charge in [0.1, 0.15) is 0 Å². The van der Waals surface area contributed by atoms with E-state index in [4.69, 9.17) is 0 Å². The molecule has 0 radical (unpaired) electrons. The maximum Gasteiger partial charge on any atom is 2.00 e. The number of fused-ring (bicyclic) bond motifs is 3. The van der Waals surface area contributed by atoms with Gasteiger partial charge < -0.3 is 4.90 Å². The minimum atomic E-state index is 0. The molecular weight excluding hydrogens is 829 g/mol. The Labute approximate surface area is 315 Å². The predicted molar refractivity (Wildman–Crippen MR) is 207 cm³/mol. The van der Waals surface area contributed by atoms with Gasteiger partial charge in [-0.25, -0.2) is 11.1 Å². The van der Waals surface area contributed by atoms with E-state index in [1.54, 1.807) is 0 Å². The van der Waals surface area contributed by atoms with Gasteiger partial charge in [-0.1, -0.05) is 144 Å². The van der Waals surface area contributed by atoms with Gasteiger partial charge in [-0.05, 0) is 68.4 Å². The first-order valence-electron chi connectivity index (χ1n) is 16.8. The molecule has 1 nitrogen and oxygen atoms in total. The van der Waals surface area contributed by atoms with E-state index in [0.717, 1.165) is 28.2 Å². The van der Waals surface area contributed by atoms with E-state index in [-0.39, 0.29) is 31.1 Å². The number of anilines is 3. The standard InChI is InChI=1S/C48H29N.U/c1-3-10-32(11-4-1)34-20-25-38(26-21-34)49(39-27-22-35(23-28-39)33-12-5-2-6-13-33)45-31-30-43-41-16-8-7-15-40(41)42-17-9-14-36-18-19-37-24-29-44(45)48(43)47(37)46(36)42;/h1-15,17-29,31H;/q-2;+2. The summed E-state index contributed by atoms with van der Waals surface area (Å²) in [6, 6.07) is 70.8. The van der Waals surface area contributed by atoms with Crippen LogP contribution in [0.2, 0.25) is 0 Å². The average Bonchev–Trinajstić information content (AvgIpc) is 3.31. The van der Waals surface area contributed by atoms with E-state index in [9.17, 15) is 0 Å². The molecular formula is C48H29NU. The first kappa shape index (κ1) is 30.7. The normalized spacial score (nSPS) is 11.4.